The van der Waals surface area contributed by atoms with E-state index in [1.807, 2.05) is 30.3 Å². The third-order valence-corrected chi connectivity index (χ3v) is 4.81. The van der Waals surface area contributed by atoms with Crippen LogP contribution < -0.4 is 16.1 Å². The number of carbonyl (C=O) groups is 1. The van der Waals surface area contributed by atoms with Crippen molar-refractivity contribution in [1.29, 1.82) is 0 Å². The maximum Gasteiger partial charge on any atom is 0.337 e. The molecule has 0 atom stereocenters. The molecule has 0 saturated carbocycles. The van der Waals surface area contributed by atoms with E-state index < -0.39 is 5.97 Å². The maximum atomic E-state index is 13.3. The molecule has 1 aliphatic rings. The van der Waals surface area contributed by atoms with Gasteiger partial charge in [-0.3, -0.25) is 9.89 Å². The lowest BCUT2D eigenvalue weighted by atomic mass is 10.0. The van der Waals surface area contributed by atoms with Crippen molar-refractivity contribution in [3.05, 3.63) is 98.7 Å². The monoisotopic (exact) mass is 404 g/mol. The average molecular weight is 404 g/mol. The van der Waals surface area contributed by atoms with Gasteiger partial charge in [0.1, 0.15) is 6.26 Å². The number of rotatable bonds is 5. The van der Waals surface area contributed by atoms with Crippen molar-refractivity contribution in [1.82, 2.24) is 9.78 Å². The number of nitrogens with zero attached hydrogens (tertiary/aromatic N) is 1. The lowest BCUT2D eigenvalue weighted by Crippen LogP contribution is -2.37. The highest BCUT2D eigenvalue weighted by molar-refractivity contribution is 5.89. The Balaban J connectivity index is 1.85. The summed E-state index contributed by atoms with van der Waals surface area (Å²) in [5, 5.41) is 3.90. The fourth-order valence-corrected chi connectivity index (χ4v) is 3.34. The number of allylic oxidation sites excluding steroid dienone is 1. The molecule has 7 nitrogen and oxygen atoms in total. The van der Waals surface area contributed by atoms with Gasteiger partial charge < -0.3 is 14.2 Å². The average Bonchev–Trinajstić information content (AvgIpc) is 3.41. The number of aromatic amines is 1. The maximum absolute atomic E-state index is 13.3. The molecular formula is C23H20N2O5. The molecule has 152 valence electrons. The van der Waals surface area contributed by atoms with Crippen molar-refractivity contribution in [3.63, 3.8) is 0 Å². The normalized spacial score (nSPS) is 13.8. The summed E-state index contributed by atoms with van der Waals surface area (Å²) < 4.78 is 16.9. The van der Waals surface area contributed by atoms with Crippen molar-refractivity contribution in [2.45, 2.75) is 6.42 Å². The van der Waals surface area contributed by atoms with Gasteiger partial charge in [-0.05, 0) is 29.8 Å². The quantitative estimate of drug-likeness (QED) is 0.654. The van der Waals surface area contributed by atoms with Crippen LogP contribution >= 0.6 is 0 Å². The van der Waals surface area contributed by atoms with E-state index in [0.29, 0.717) is 39.6 Å². The molecule has 30 heavy (non-hydrogen) atoms. The summed E-state index contributed by atoms with van der Waals surface area (Å²) in [5.41, 5.74) is 2.41. The summed E-state index contributed by atoms with van der Waals surface area (Å²) in [4.78, 5) is 25.0. The SMILES string of the molecule is C=c1[nH]n(-c2ccc(C(=O)OC)cc2)c(=O)c1=C(Cc1ccccc1)C1=COCO1. The first-order valence-electron chi connectivity index (χ1n) is 9.29. The highest BCUT2D eigenvalue weighted by Crippen LogP contribution is 2.20. The molecule has 4 rings (SSSR count). The van der Waals surface area contributed by atoms with Crippen molar-refractivity contribution in [3.8, 4) is 5.69 Å². The molecule has 1 aliphatic heterocycles. The van der Waals surface area contributed by atoms with Gasteiger partial charge in [0.2, 0.25) is 6.79 Å². The van der Waals surface area contributed by atoms with Gasteiger partial charge in [-0.25, -0.2) is 9.48 Å². The molecule has 0 radical (unpaired) electrons. The summed E-state index contributed by atoms with van der Waals surface area (Å²) in [6.07, 6.45) is 1.99. The number of carbonyl (C=O) groups excluding carboxylic acids is 1. The van der Waals surface area contributed by atoms with Crippen LogP contribution in [0.2, 0.25) is 0 Å². The molecule has 0 amide bonds. The third-order valence-electron chi connectivity index (χ3n) is 4.81. The Morgan fingerprint density at radius 1 is 1.17 bits per heavy atom. The Bertz CT molecular complexity index is 1270. The zero-order valence-electron chi connectivity index (χ0n) is 16.4. The number of esters is 1. The van der Waals surface area contributed by atoms with Crippen LogP contribution in [-0.2, 0) is 20.6 Å². The van der Waals surface area contributed by atoms with E-state index in [9.17, 15) is 9.59 Å². The van der Waals surface area contributed by atoms with Crippen LogP contribution in [0.25, 0.3) is 17.8 Å². The molecule has 0 bridgehead atoms. The number of H-pyrrole nitrogens is 1. The molecule has 0 saturated heterocycles. The molecule has 3 aromatic rings. The minimum atomic E-state index is -0.442. The van der Waals surface area contributed by atoms with E-state index in [1.54, 1.807) is 24.3 Å². The minimum absolute atomic E-state index is 0.105. The van der Waals surface area contributed by atoms with Gasteiger partial charge in [-0.1, -0.05) is 36.9 Å². The van der Waals surface area contributed by atoms with E-state index in [1.165, 1.54) is 18.1 Å². The van der Waals surface area contributed by atoms with Crippen LogP contribution in [0.1, 0.15) is 15.9 Å². The first-order valence-corrected chi connectivity index (χ1v) is 9.29. The van der Waals surface area contributed by atoms with E-state index >= 15 is 0 Å². The predicted octanol–water partition coefficient (Wildman–Crippen LogP) is 1.60. The van der Waals surface area contributed by atoms with Crippen LogP contribution in [0.15, 0.2) is 71.4 Å². The van der Waals surface area contributed by atoms with Gasteiger partial charge in [-0.15, -0.1) is 0 Å². The molecule has 2 heterocycles. The Morgan fingerprint density at radius 3 is 2.53 bits per heavy atom. The fourth-order valence-electron chi connectivity index (χ4n) is 3.34. The van der Waals surface area contributed by atoms with Crippen LogP contribution in [0.4, 0.5) is 0 Å². The third kappa shape index (κ3) is 3.65. The van der Waals surface area contributed by atoms with Crippen LogP contribution in [0.3, 0.4) is 0 Å². The van der Waals surface area contributed by atoms with Crippen LogP contribution in [0, 0.1) is 0 Å². The molecule has 0 fully saturated rings. The predicted molar refractivity (Wildman–Crippen MR) is 111 cm³/mol. The molecule has 0 aliphatic carbocycles. The van der Waals surface area contributed by atoms with Crippen LogP contribution in [-0.4, -0.2) is 29.7 Å². The van der Waals surface area contributed by atoms with E-state index in [2.05, 4.69) is 11.7 Å². The molecule has 0 unspecified atom stereocenters. The van der Waals surface area contributed by atoms with E-state index in [0.717, 1.165) is 5.56 Å². The lowest BCUT2D eigenvalue weighted by Gasteiger charge is -2.07. The number of methoxy groups -OCH3 is 1. The van der Waals surface area contributed by atoms with Gasteiger partial charge >= 0.3 is 5.97 Å². The zero-order valence-corrected chi connectivity index (χ0v) is 16.4. The molecule has 7 heteroatoms. The number of hydrogen-bond acceptors (Lipinski definition) is 5. The first kappa shape index (κ1) is 19.3. The Kier molecular flexibility index (Phi) is 5.26. The van der Waals surface area contributed by atoms with Gasteiger partial charge in [-0.2, -0.15) is 0 Å². The van der Waals surface area contributed by atoms with E-state index in [4.69, 9.17) is 14.2 Å². The van der Waals surface area contributed by atoms with Gasteiger partial charge in [0.05, 0.1) is 28.9 Å². The Hall–Kier alpha value is -4.00. The van der Waals surface area contributed by atoms with Crippen molar-refractivity contribution in [2.75, 3.05) is 13.9 Å². The second kappa shape index (κ2) is 8.16. The first-order chi connectivity index (χ1) is 14.6. The number of benzene rings is 2. The smallest absolute Gasteiger partial charge is 0.337 e. The highest BCUT2D eigenvalue weighted by Gasteiger charge is 2.18. The second-order valence-electron chi connectivity index (χ2n) is 6.70. The van der Waals surface area contributed by atoms with Crippen molar-refractivity contribution >= 4 is 18.1 Å². The molecule has 0 spiro atoms. The molecule has 1 N–H and O–H groups in total. The zero-order chi connectivity index (χ0) is 21.1. The topological polar surface area (TPSA) is 82.6 Å². The summed E-state index contributed by atoms with van der Waals surface area (Å²) >= 11 is 0. The standard InChI is InChI=1S/C23H20N2O5/c1-15-21(19(20-13-29-14-30-20)12-16-6-4-3-5-7-16)22(26)25(24-15)18-10-8-17(9-11-18)23(27)28-2/h3-11,13,24H,1,12,14H2,2H3. The molecular weight excluding hydrogens is 384 g/mol. The van der Waals surface area contributed by atoms with Gasteiger partial charge in [0.25, 0.3) is 5.56 Å². The Morgan fingerprint density at radius 2 is 1.90 bits per heavy atom. The lowest BCUT2D eigenvalue weighted by molar-refractivity contribution is 0.0600. The molecule has 2 aromatic carbocycles. The number of aromatic nitrogens is 2. The summed E-state index contributed by atoms with van der Waals surface area (Å²) in [6, 6.07) is 16.3. The second-order valence-corrected chi connectivity index (χ2v) is 6.70. The summed E-state index contributed by atoms with van der Waals surface area (Å²) in [5.74, 6) is 0.0655. The van der Waals surface area contributed by atoms with Crippen molar-refractivity contribution < 1.29 is 19.0 Å². The minimum Gasteiger partial charge on any atom is -0.465 e. The van der Waals surface area contributed by atoms with Gasteiger partial charge in [0.15, 0.2) is 5.76 Å². The largest absolute Gasteiger partial charge is 0.465 e. The van der Waals surface area contributed by atoms with E-state index in [-0.39, 0.29) is 12.4 Å². The Labute approximate surface area is 172 Å². The fraction of sp³-hybridized carbons (Fsp3) is 0.130. The number of ether oxygens (including phenoxy) is 3. The number of hydrogen-bond donors (Lipinski definition) is 1. The highest BCUT2D eigenvalue weighted by atomic mass is 16.7. The summed E-state index contributed by atoms with van der Waals surface area (Å²) in [7, 11) is 1.32. The summed E-state index contributed by atoms with van der Waals surface area (Å²) in [6.45, 7) is 4.13. The molecule has 1 aromatic heterocycles. The van der Waals surface area contributed by atoms with Crippen molar-refractivity contribution in [2.24, 2.45) is 0 Å². The number of nitrogens with one attached hydrogen (secondary N) is 1. The van der Waals surface area contributed by atoms with Crippen LogP contribution in [0.5, 0.6) is 0 Å². The van der Waals surface area contributed by atoms with Gasteiger partial charge in [0, 0.05) is 12.0 Å².